The number of nitrogens with zero attached hydrogens (tertiary/aromatic N) is 4. The van der Waals surface area contributed by atoms with Gasteiger partial charge in [0.25, 0.3) is 0 Å². The van der Waals surface area contributed by atoms with Gasteiger partial charge in [0.15, 0.2) is 5.65 Å². The molecule has 0 aromatic carbocycles. The summed E-state index contributed by atoms with van der Waals surface area (Å²) in [7, 11) is 0. The molecule has 20 heavy (non-hydrogen) atoms. The summed E-state index contributed by atoms with van der Waals surface area (Å²) in [5.74, 6) is 1.41. The summed E-state index contributed by atoms with van der Waals surface area (Å²) in [6, 6.07) is 2.01. The van der Waals surface area contributed by atoms with Gasteiger partial charge in [0, 0.05) is 19.2 Å². The number of anilines is 1. The van der Waals surface area contributed by atoms with Crippen LogP contribution in [0.4, 0.5) is 5.82 Å². The second-order valence-electron chi connectivity index (χ2n) is 5.08. The smallest absolute Gasteiger partial charge is 0.349 e. The minimum atomic E-state index is -0.272. The third-order valence-corrected chi connectivity index (χ3v) is 3.62. The number of rotatable bonds is 2. The van der Waals surface area contributed by atoms with E-state index in [1.807, 2.05) is 0 Å². The molecule has 2 aromatic rings. The van der Waals surface area contributed by atoms with Gasteiger partial charge in [0.1, 0.15) is 11.6 Å². The Morgan fingerprint density at radius 3 is 3.15 bits per heavy atom. The summed E-state index contributed by atoms with van der Waals surface area (Å²) in [4.78, 5) is 18.3. The van der Waals surface area contributed by atoms with Crippen molar-refractivity contribution < 1.29 is 4.74 Å². The lowest BCUT2D eigenvalue weighted by molar-refractivity contribution is 0.0280. The maximum atomic E-state index is 11.6. The van der Waals surface area contributed by atoms with Gasteiger partial charge in [-0.1, -0.05) is 0 Å². The van der Waals surface area contributed by atoms with Crippen LogP contribution in [0.15, 0.2) is 10.9 Å². The number of ether oxygens (including phenoxy) is 1. The fourth-order valence-electron chi connectivity index (χ4n) is 2.51. The number of aromatic nitrogens is 4. The molecular weight excluding hydrogens is 260 g/mol. The zero-order chi connectivity index (χ0) is 14.3. The van der Waals surface area contributed by atoms with Crippen molar-refractivity contribution in [3.8, 4) is 0 Å². The predicted molar refractivity (Wildman–Crippen MR) is 73.9 cm³/mol. The average Bonchev–Trinajstić information content (AvgIpc) is 2.81. The summed E-state index contributed by atoms with van der Waals surface area (Å²) < 4.78 is 7.09. The van der Waals surface area contributed by atoms with E-state index in [4.69, 9.17) is 10.5 Å². The molecule has 0 aliphatic carbocycles. The molecule has 0 amide bonds. The van der Waals surface area contributed by atoms with Gasteiger partial charge < -0.3 is 15.4 Å². The number of hydrogen-bond acceptors (Lipinski definition) is 6. The first kappa shape index (κ1) is 13.1. The van der Waals surface area contributed by atoms with Crippen LogP contribution in [0.2, 0.25) is 0 Å². The van der Waals surface area contributed by atoms with Gasteiger partial charge in [-0.25, -0.2) is 19.3 Å². The zero-order valence-electron chi connectivity index (χ0n) is 11.5. The molecule has 0 bridgehead atoms. The molecule has 0 spiro atoms. The summed E-state index contributed by atoms with van der Waals surface area (Å²) in [5.41, 5.74) is 5.98. The summed E-state index contributed by atoms with van der Waals surface area (Å²) >= 11 is 0. The molecule has 8 heteroatoms. The molecule has 108 valence electrons. The van der Waals surface area contributed by atoms with Crippen LogP contribution in [0.25, 0.3) is 5.65 Å². The molecule has 2 aromatic heterocycles. The van der Waals surface area contributed by atoms with E-state index in [0.29, 0.717) is 31.2 Å². The third-order valence-electron chi connectivity index (χ3n) is 3.62. The molecule has 0 radical (unpaired) electrons. The molecule has 2 unspecified atom stereocenters. The van der Waals surface area contributed by atoms with Crippen molar-refractivity contribution in [1.29, 1.82) is 0 Å². The van der Waals surface area contributed by atoms with E-state index in [-0.39, 0.29) is 17.8 Å². The predicted octanol–water partition coefficient (Wildman–Crippen LogP) is -0.722. The van der Waals surface area contributed by atoms with Crippen molar-refractivity contribution in [2.75, 3.05) is 24.6 Å². The van der Waals surface area contributed by atoms with Crippen molar-refractivity contribution in [3.05, 3.63) is 22.4 Å². The maximum Gasteiger partial charge on any atom is 0.349 e. The molecule has 3 rings (SSSR count). The molecule has 1 saturated heterocycles. The molecule has 8 nitrogen and oxygen atoms in total. The first-order chi connectivity index (χ1) is 9.60. The molecular formula is C12H18N6O2. The standard InChI is InChI=1S/C12H18N6O2/c1-7-6-20-9(4-13)5-17(7)10-3-11-15-16-12(19)18(11)8(2)14-10/h3,7,9H,4-6,13H2,1-2H3,(H,16,19). The van der Waals surface area contributed by atoms with Crippen LogP contribution in [0, 0.1) is 6.92 Å². The monoisotopic (exact) mass is 278 g/mol. The topological polar surface area (TPSA) is 102 Å². The summed E-state index contributed by atoms with van der Waals surface area (Å²) in [6.07, 6.45) is 0.00547. The van der Waals surface area contributed by atoms with E-state index in [1.165, 1.54) is 4.40 Å². The van der Waals surface area contributed by atoms with Crippen molar-refractivity contribution in [2.45, 2.75) is 26.0 Å². The molecule has 1 aliphatic heterocycles. The number of morpholine rings is 1. The molecule has 1 fully saturated rings. The van der Waals surface area contributed by atoms with E-state index in [2.05, 4.69) is 27.0 Å². The fourth-order valence-corrected chi connectivity index (χ4v) is 2.51. The van der Waals surface area contributed by atoms with Crippen LogP contribution < -0.4 is 16.3 Å². The van der Waals surface area contributed by atoms with E-state index in [0.717, 1.165) is 5.82 Å². The van der Waals surface area contributed by atoms with E-state index >= 15 is 0 Å². The largest absolute Gasteiger partial charge is 0.373 e. The number of fused-ring (bicyclic) bond motifs is 1. The highest BCUT2D eigenvalue weighted by atomic mass is 16.5. The SMILES string of the molecule is Cc1nc(N2CC(CN)OCC2C)cc2n[nH]c(=O)n12. The maximum absolute atomic E-state index is 11.6. The van der Waals surface area contributed by atoms with Crippen LogP contribution in [0.5, 0.6) is 0 Å². The van der Waals surface area contributed by atoms with Gasteiger partial charge in [-0.05, 0) is 13.8 Å². The summed E-state index contributed by atoms with van der Waals surface area (Å²) in [5, 5.41) is 6.43. The van der Waals surface area contributed by atoms with Crippen LogP contribution in [-0.2, 0) is 4.74 Å². The minimum Gasteiger partial charge on any atom is -0.373 e. The lowest BCUT2D eigenvalue weighted by Crippen LogP contribution is -2.51. The lowest BCUT2D eigenvalue weighted by Gasteiger charge is -2.38. The van der Waals surface area contributed by atoms with Crippen LogP contribution in [0.1, 0.15) is 12.7 Å². The van der Waals surface area contributed by atoms with Gasteiger partial charge in [0.2, 0.25) is 0 Å². The Morgan fingerprint density at radius 2 is 2.40 bits per heavy atom. The van der Waals surface area contributed by atoms with Crippen molar-refractivity contribution in [2.24, 2.45) is 5.73 Å². The first-order valence-corrected chi connectivity index (χ1v) is 6.63. The number of aromatic amines is 1. The Hall–Kier alpha value is -1.93. The Kier molecular flexibility index (Phi) is 3.19. The highest BCUT2D eigenvalue weighted by molar-refractivity contribution is 5.52. The van der Waals surface area contributed by atoms with Crippen LogP contribution in [0.3, 0.4) is 0 Å². The highest BCUT2D eigenvalue weighted by Crippen LogP contribution is 2.20. The van der Waals surface area contributed by atoms with Crippen molar-refractivity contribution in [1.82, 2.24) is 19.6 Å². The summed E-state index contributed by atoms with van der Waals surface area (Å²) in [6.45, 7) is 5.64. The molecule has 3 N–H and O–H groups in total. The number of H-pyrrole nitrogens is 1. The molecule has 0 saturated carbocycles. The molecule has 2 atom stereocenters. The first-order valence-electron chi connectivity index (χ1n) is 6.63. The highest BCUT2D eigenvalue weighted by Gasteiger charge is 2.27. The fraction of sp³-hybridized carbons (Fsp3) is 0.583. The number of nitrogens with one attached hydrogen (secondary N) is 1. The number of nitrogens with two attached hydrogens (primary N) is 1. The van der Waals surface area contributed by atoms with Gasteiger partial charge in [0.05, 0.1) is 18.8 Å². The van der Waals surface area contributed by atoms with Crippen molar-refractivity contribution >= 4 is 11.5 Å². The quantitative estimate of drug-likeness (QED) is 0.751. The second kappa shape index (κ2) is 4.88. The van der Waals surface area contributed by atoms with Crippen LogP contribution >= 0.6 is 0 Å². The van der Waals surface area contributed by atoms with E-state index in [9.17, 15) is 4.79 Å². The Labute approximate surface area is 115 Å². The Balaban J connectivity index is 2.02. The zero-order valence-corrected chi connectivity index (χ0v) is 11.5. The van der Waals surface area contributed by atoms with Crippen LogP contribution in [-0.4, -0.2) is 51.4 Å². The molecule has 1 aliphatic rings. The van der Waals surface area contributed by atoms with E-state index < -0.39 is 0 Å². The van der Waals surface area contributed by atoms with Gasteiger partial charge in [-0.15, -0.1) is 0 Å². The number of hydrogen-bond donors (Lipinski definition) is 2. The molecule has 3 heterocycles. The number of aryl methyl sites for hydroxylation is 1. The van der Waals surface area contributed by atoms with Crippen molar-refractivity contribution in [3.63, 3.8) is 0 Å². The van der Waals surface area contributed by atoms with Gasteiger partial charge in [-0.2, -0.15) is 5.10 Å². The second-order valence-corrected chi connectivity index (χ2v) is 5.08. The average molecular weight is 278 g/mol. The Bertz CT molecular complexity index is 678. The van der Waals surface area contributed by atoms with Gasteiger partial charge >= 0.3 is 5.69 Å². The normalized spacial score (nSPS) is 23.4. The lowest BCUT2D eigenvalue weighted by atomic mass is 10.2. The minimum absolute atomic E-state index is 0.00547. The van der Waals surface area contributed by atoms with E-state index in [1.54, 1.807) is 13.0 Å². The Morgan fingerprint density at radius 1 is 1.60 bits per heavy atom. The van der Waals surface area contributed by atoms with Gasteiger partial charge in [-0.3, -0.25) is 0 Å². The third kappa shape index (κ3) is 2.06.